The molecular weight excluding hydrogens is 368 g/mol. The largest absolute Gasteiger partial charge is 0.376 e. The third-order valence-electron chi connectivity index (χ3n) is 4.72. The fourth-order valence-electron chi connectivity index (χ4n) is 3.22. The van der Waals surface area contributed by atoms with E-state index in [1.54, 1.807) is 36.4 Å². The van der Waals surface area contributed by atoms with E-state index in [9.17, 15) is 14.4 Å². The number of hydrogen-bond acceptors (Lipinski definition) is 4. The van der Waals surface area contributed by atoms with Crippen LogP contribution in [0.1, 0.15) is 40.5 Å². The quantitative estimate of drug-likeness (QED) is 0.674. The Morgan fingerprint density at radius 1 is 0.931 bits per heavy atom. The van der Waals surface area contributed by atoms with Gasteiger partial charge in [0.05, 0.1) is 6.54 Å². The van der Waals surface area contributed by atoms with Gasteiger partial charge in [-0.05, 0) is 62.2 Å². The van der Waals surface area contributed by atoms with Gasteiger partial charge in [0.2, 0.25) is 5.91 Å². The molecule has 29 heavy (non-hydrogen) atoms. The summed E-state index contributed by atoms with van der Waals surface area (Å²) in [5, 5.41) is 8.56. The maximum atomic E-state index is 12.5. The molecule has 1 saturated heterocycles. The van der Waals surface area contributed by atoms with Crippen LogP contribution < -0.4 is 16.0 Å². The van der Waals surface area contributed by atoms with Crippen LogP contribution in [0.3, 0.4) is 0 Å². The van der Waals surface area contributed by atoms with Gasteiger partial charge in [0.15, 0.2) is 0 Å². The van der Waals surface area contributed by atoms with Crippen molar-refractivity contribution in [3.05, 3.63) is 59.7 Å². The van der Waals surface area contributed by atoms with Gasteiger partial charge in [0.25, 0.3) is 11.8 Å². The van der Waals surface area contributed by atoms with Crippen LogP contribution in [0.15, 0.2) is 48.5 Å². The van der Waals surface area contributed by atoms with Crippen molar-refractivity contribution in [2.45, 2.75) is 19.8 Å². The Labute approximate surface area is 170 Å². The van der Waals surface area contributed by atoms with E-state index in [4.69, 9.17) is 0 Å². The Balaban J connectivity index is 1.52. The molecule has 3 rings (SSSR count). The number of benzene rings is 2. The van der Waals surface area contributed by atoms with Crippen LogP contribution in [0.25, 0.3) is 0 Å². The summed E-state index contributed by atoms with van der Waals surface area (Å²) in [6.45, 7) is 4.10. The zero-order chi connectivity index (χ0) is 20.6. The minimum Gasteiger partial charge on any atom is -0.376 e. The molecule has 0 aliphatic carbocycles. The van der Waals surface area contributed by atoms with Gasteiger partial charge in [-0.3, -0.25) is 14.4 Å². The van der Waals surface area contributed by atoms with Crippen LogP contribution in [0.2, 0.25) is 0 Å². The summed E-state index contributed by atoms with van der Waals surface area (Å²) in [5.74, 6) is -0.328. The number of likely N-dealkylation sites (tertiary alicyclic amines) is 1. The molecule has 0 radical (unpaired) electrons. The average molecular weight is 394 g/mol. The number of nitrogens with one attached hydrogen (secondary N) is 3. The Bertz CT molecular complexity index is 874. The molecule has 2 aromatic carbocycles. The van der Waals surface area contributed by atoms with Crippen LogP contribution in [0.5, 0.6) is 0 Å². The van der Waals surface area contributed by atoms with Gasteiger partial charge in [-0.2, -0.15) is 0 Å². The highest BCUT2D eigenvalue weighted by molar-refractivity contribution is 5.97. The number of nitrogens with zero attached hydrogens (tertiary/aromatic N) is 1. The van der Waals surface area contributed by atoms with Gasteiger partial charge >= 0.3 is 0 Å². The SMILES string of the molecule is CCNC(=O)c1ccc(NC(=O)CNc2cccc(C(=O)N3CCCC3)c2)cc1. The summed E-state index contributed by atoms with van der Waals surface area (Å²) in [6.07, 6.45) is 2.10. The maximum Gasteiger partial charge on any atom is 0.253 e. The summed E-state index contributed by atoms with van der Waals surface area (Å²) in [6, 6.07) is 13.9. The van der Waals surface area contributed by atoms with E-state index in [2.05, 4.69) is 16.0 Å². The van der Waals surface area contributed by atoms with Gasteiger partial charge in [-0.1, -0.05) is 6.07 Å². The lowest BCUT2D eigenvalue weighted by molar-refractivity contribution is -0.114. The molecule has 0 aromatic heterocycles. The van der Waals surface area contributed by atoms with Crippen molar-refractivity contribution in [3.63, 3.8) is 0 Å². The number of carbonyl (C=O) groups excluding carboxylic acids is 3. The van der Waals surface area contributed by atoms with Gasteiger partial charge in [0, 0.05) is 42.1 Å². The predicted molar refractivity (Wildman–Crippen MR) is 113 cm³/mol. The molecule has 0 atom stereocenters. The molecule has 0 spiro atoms. The van der Waals surface area contributed by atoms with E-state index in [1.165, 1.54) is 0 Å². The molecule has 3 N–H and O–H groups in total. The predicted octanol–water partition coefficient (Wildman–Crippen LogP) is 2.72. The Kier molecular flexibility index (Phi) is 6.84. The fourth-order valence-corrected chi connectivity index (χ4v) is 3.22. The molecule has 152 valence electrons. The van der Waals surface area contributed by atoms with Crippen LogP contribution in [-0.4, -0.2) is 48.8 Å². The van der Waals surface area contributed by atoms with Crippen LogP contribution in [0.4, 0.5) is 11.4 Å². The number of anilines is 2. The molecule has 1 aliphatic rings. The first-order valence-corrected chi connectivity index (χ1v) is 9.88. The molecule has 0 unspecified atom stereocenters. The molecular formula is C22H26N4O3. The Hall–Kier alpha value is -3.35. The first kappa shape index (κ1) is 20.4. The molecule has 7 nitrogen and oxygen atoms in total. The van der Waals surface area contributed by atoms with Crippen molar-refractivity contribution in [1.82, 2.24) is 10.2 Å². The van der Waals surface area contributed by atoms with Crippen LogP contribution in [-0.2, 0) is 4.79 Å². The minimum atomic E-state index is -0.216. The van der Waals surface area contributed by atoms with E-state index in [0.717, 1.165) is 31.6 Å². The monoisotopic (exact) mass is 394 g/mol. The van der Waals surface area contributed by atoms with Crippen molar-refractivity contribution >= 4 is 29.1 Å². The zero-order valence-corrected chi connectivity index (χ0v) is 16.5. The second-order valence-corrected chi connectivity index (χ2v) is 6.92. The van der Waals surface area contributed by atoms with Crippen molar-refractivity contribution in [2.24, 2.45) is 0 Å². The van der Waals surface area contributed by atoms with E-state index in [-0.39, 0.29) is 24.3 Å². The summed E-state index contributed by atoms with van der Waals surface area (Å²) in [4.78, 5) is 38.3. The number of rotatable bonds is 7. The molecule has 0 saturated carbocycles. The molecule has 1 aliphatic heterocycles. The Morgan fingerprint density at radius 2 is 1.66 bits per heavy atom. The zero-order valence-electron chi connectivity index (χ0n) is 16.5. The van der Waals surface area contributed by atoms with Gasteiger partial charge < -0.3 is 20.9 Å². The molecule has 1 heterocycles. The second kappa shape index (κ2) is 9.73. The van der Waals surface area contributed by atoms with E-state index in [0.29, 0.717) is 23.4 Å². The topological polar surface area (TPSA) is 90.5 Å². The highest BCUT2D eigenvalue weighted by Crippen LogP contribution is 2.16. The lowest BCUT2D eigenvalue weighted by Crippen LogP contribution is -2.27. The lowest BCUT2D eigenvalue weighted by atomic mass is 10.1. The van der Waals surface area contributed by atoms with Gasteiger partial charge in [-0.25, -0.2) is 0 Å². The van der Waals surface area contributed by atoms with Crippen LogP contribution >= 0.6 is 0 Å². The summed E-state index contributed by atoms with van der Waals surface area (Å²) in [5.41, 5.74) is 2.50. The molecule has 0 bridgehead atoms. The summed E-state index contributed by atoms with van der Waals surface area (Å²) < 4.78 is 0. The molecule has 7 heteroatoms. The molecule has 3 amide bonds. The fraction of sp³-hybridized carbons (Fsp3) is 0.318. The first-order chi connectivity index (χ1) is 14.1. The smallest absolute Gasteiger partial charge is 0.253 e. The number of amides is 3. The summed E-state index contributed by atoms with van der Waals surface area (Å²) >= 11 is 0. The normalized spacial score (nSPS) is 13.1. The van der Waals surface area contributed by atoms with Crippen molar-refractivity contribution in [2.75, 3.05) is 36.8 Å². The first-order valence-electron chi connectivity index (χ1n) is 9.88. The third-order valence-corrected chi connectivity index (χ3v) is 4.72. The lowest BCUT2D eigenvalue weighted by Gasteiger charge is -2.16. The summed E-state index contributed by atoms with van der Waals surface area (Å²) in [7, 11) is 0. The van der Waals surface area contributed by atoms with Gasteiger partial charge in [0.1, 0.15) is 0 Å². The van der Waals surface area contributed by atoms with Crippen molar-refractivity contribution in [3.8, 4) is 0 Å². The second-order valence-electron chi connectivity index (χ2n) is 6.92. The van der Waals surface area contributed by atoms with Crippen LogP contribution in [0, 0.1) is 0 Å². The van der Waals surface area contributed by atoms with Crippen molar-refractivity contribution < 1.29 is 14.4 Å². The number of carbonyl (C=O) groups is 3. The van der Waals surface area contributed by atoms with E-state index < -0.39 is 0 Å². The average Bonchev–Trinajstić information content (AvgIpc) is 3.27. The Morgan fingerprint density at radius 3 is 2.34 bits per heavy atom. The molecule has 2 aromatic rings. The van der Waals surface area contributed by atoms with E-state index >= 15 is 0 Å². The number of hydrogen-bond donors (Lipinski definition) is 3. The standard InChI is InChI=1S/C22H26N4O3/c1-2-23-21(28)16-8-10-18(11-9-16)25-20(27)15-24-19-7-5-6-17(14-19)22(29)26-12-3-4-13-26/h5-11,14,24H,2-4,12-13,15H2,1H3,(H,23,28)(H,25,27). The molecule has 1 fully saturated rings. The van der Waals surface area contributed by atoms with Crippen molar-refractivity contribution in [1.29, 1.82) is 0 Å². The maximum absolute atomic E-state index is 12.5. The highest BCUT2D eigenvalue weighted by Gasteiger charge is 2.19. The van der Waals surface area contributed by atoms with E-state index in [1.807, 2.05) is 24.0 Å². The highest BCUT2D eigenvalue weighted by atomic mass is 16.2. The minimum absolute atomic E-state index is 0.0304. The van der Waals surface area contributed by atoms with Gasteiger partial charge in [-0.15, -0.1) is 0 Å². The third kappa shape index (κ3) is 5.57.